The Morgan fingerprint density at radius 3 is 2.62 bits per heavy atom. The standard InChI is InChI=1S/C19H19NO4/c21-14-8-3-7-13(11-14)17(19(23)24)20-18(22)16-10-4-6-12-5-1-2-9-15(12)16/h1-2,4-6,9-10,13,17H,3,7-8,11H2,(H,20,22)(H,23,24)/t13-,17+/m1/s1. The molecule has 2 N–H and O–H groups in total. The number of Topliss-reactive ketones (excluding diaryl/α,β-unsaturated/α-hetero) is 1. The number of carboxylic acids is 1. The van der Waals surface area contributed by atoms with Gasteiger partial charge in [0, 0.05) is 18.4 Å². The Morgan fingerprint density at radius 2 is 1.88 bits per heavy atom. The van der Waals surface area contributed by atoms with E-state index < -0.39 is 17.9 Å². The second-order valence-electron chi connectivity index (χ2n) is 6.21. The van der Waals surface area contributed by atoms with Gasteiger partial charge in [0.15, 0.2) is 0 Å². The first kappa shape index (κ1) is 16.2. The van der Waals surface area contributed by atoms with Gasteiger partial charge in [0.25, 0.3) is 5.91 Å². The van der Waals surface area contributed by atoms with Gasteiger partial charge in [-0.15, -0.1) is 0 Å². The van der Waals surface area contributed by atoms with Gasteiger partial charge in [0.05, 0.1) is 0 Å². The van der Waals surface area contributed by atoms with Crippen LogP contribution in [0.25, 0.3) is 10.8 Å². The SMILES string of the molecule is O=C1CCC[C@@H]([C@H](NC(=O)c2cccc3ccccc23)C(=O)O)C1. The molecule has 5 heteroatoms. The molecule has 0 spiro atoms. The normalized spacial score (nSPS) is 19.0. The van der Waals surface area contributed by atoms with Gasteiger partial charge in [0.2, 0.25) is 0 Å². The lowest BCUT2D eigenvalue weighted by Gasteiger charge is -2.27. The van der Waals surface area contributed by atoms with Crippen LogP contribution in [0.4, 0.5) is 0 Å². The number of carbonyl (C=O) groups is 3. The van der Waals surface area contributed by atoms with E-state index in [0.29, 0.717) is 24.8 Å². The lowest BCUT2D eigenvalue weighted by molar-refractivity contribution is -0.141. The lowest BCUT2D eigenvalue weighted by atomic mass is 9.83. The van der Waals surface area contributed by atoms with E-state index in [1.807, 2.05) is 30.3 Å². The summed E-state index contributed by atoms with van der Waals surface area (Å²) >= 11 is 0. The molecule has 3 rings (SSSR count). The third-order valence-electron chi connectivity index (χ3n) is 4.58. The molecule has 1 saturated carbocycles. The maximum Gasteiger partial charge on any atom is 0.326 e. The van der Waals surface area contributed by atoms with Gasteiger partial charge in [-0.1, -0.05) is 36.4 Å². The van der Waals surface area contributed by atoms with Gasteiger partial charge in [-0.25, -0.2) is 4.79 Å². The quantitative estimate of drug-likeness (QED) is 0.905. The van der Waals surface area contributed by atoms with Crippen molar-refractivity contribution >= 4 is 28.4 Å². The van der Waals surface area contributed by atoms with Gasteiger partial charge in [0.1, 0.15) is 11.8 Å². The van der Waals surface area contributed by atoms with Crippen LogP contribution in [0.5, 0.6) is 0 Å². The van der Waals surface area contributed by atoms with Crippen molar-refractivity contribution in [1.82, 2.24) is 5.32 Å². The monoisotopic (exact) mass is 325 g/mol. The summed E-state index contributed by atoms with van der Waals surface area (Å²) < 4.78 is 0. The van der Waals surface area contributed by atoms with E-state index in [1.165, 1.54) is 0 Å². The molecule has 1 fully saturated rings. The molecule has 0 saturated heterocycles. The molecule has 2 atom stereocenters. The van der Waals surface area contributed by atoms with Crippen LogP contribution < -0.4 is 5.32 Å². The molecule has 1 amide bonds. The fourth-order valence-electron chi connectivity index (χ4n) is 3.37. The largest absolute Gasteiger partial charge is 0.480 e. The van der Waals surface area contributed by atoms with Crippen LogP contribution in [0, 0.1) is 5.92 Å². The number of rotatable bonds is 4. The highest BCUT2D eigenvalue weighted by Crippen LogP contribution is 2.25. The molecule has 24 heavy (non-hydrogen) atoms. The molecule has 5 nitrogen and oxygen atoms in total. The highest BCUT2D eigenvalue weighted by Gasteiger charge is 2.33. The Balaban J connectivity index is 1.85. The van der Waals surface area contributed by atoms with Gasteiger partial charge in [-0.3, -0.25) is 9.59 Å². The number of carboxylic acid groups (broad SMARTS) is 1. The first-order valence-corrected chi connectivity index (χ1v) is 8.09. The van der Waals surface area contributed by atoms with Crippen LogP contribution in [0.15, 0.2) is 42.5 Å². The molecule has 0 aliphatic heterocycles. The minimum atomic E-state index is -1.09. The summed E-state index contributed by atoms with van der Waals surface area (Å²) in [6.45, 7) is 0. The minimum Gasteiger partial charge on any atom is -0.480 e. The van der Waals surface area contributed by atoms with Crippen molar-refractivity contribution in [2.75, 3.05) is 0 Å². The Bertz CT molecular complexity index is 794. The zero-order chi connectivity index (χ0) is 17.1. The number of aliphatic carboxylic acids is 1. The highest BCUT2D eigenvalue weighted by atomic mass is 16.4. The summed E-state index contributed by atoms with van der Waals surface area (Å²) in [4.78, 5) is 35.9. The van der Waals surface area contributed by atoms with Crippen molar-refractivity contribution in [3.63, 3.8) is 0 Å². The first-order chi connectivity index (χ1) is 11.6. The molecule has 0 bridgehead atoms. The van der Waals surface area contributed by atoms with Crippen molar-refractivity contribution < 1.29 is 19.5 Å². The molecular weight excluding hydrogens is 306 g/mol. The van der Waals surface area contributed by atoms with Crippen LogP contribution in [-0.4, -0.2) is 28.8 Å². The average molecular weight is 325 g/mol. The number of hydrogen-bond donors (Lipinski definition) is 2. The number of ketones is 1. The third-order valence-corrected chi connectivity index (χ3v) is 4.58. The minimum absolute atomic E-state index is 0.0666. The predicted molar refractivity (Wildman–Crippen MR) is 89.8 cm³/mol. The summed E-state index contributed by atoms with van der Waals surface area (Å²) in [7, 11) is 0. The van der Waals surface area contributed by atoms with E-state index in [2.05, 4.69) is 5.32 Å². The maximum atomic E-state index is 12.6. The molecule has 0 unspecified atom stereocenters. The Kier molecular flexibility index (Phi) is 4.60. The van der Waals surface area contributed by atoms with Crippen molar-refractivity contribution in [3.05, 3.63) is 48.0 Å². The van der Waals surface area contributed by atoms with Gasteiger partial charge < -0.3 is 10.4 Å². The summed E-state index contributed by atoms with van der Waals surface area (Å²) in [5, 5.41) is 13.8. The molecule has 0 radical (unpaired) electrons. The van der Waals surface area contributed by atoms with E-state index in [9.17, 15) is 19.5 Å². The van der Waals surface area contributed by atoms with E-state index in [-0.39, 0.29) is 18.1 Å². The molecule has 0 aromatic heterocycles. The molecule has 2 aromatic rings. The molecule has 1 aliphatic carbocycles. The molecule has 1 aliphatic rings. The van der Waals surface area contributed by atoms with Crippen molar-refractivity contribution in [1.29, 1.82) is 0 Å². The summed E-state index contributed by atoms with van der Waals surface area (Å²) in [6.07, 6.45) is 2.03. The molecule has 0 heterocycles. The number of amides is 1. The Hall–Kier alpha value is -2.69. The Labute approximate surface area is 139 Å². The highest BCUT2D eigenvalue weighted by molar-refractivity contribution is 6.08. The maximum absolute atomic E-state index is 12.6. The van der Waals surface area contributed by atoms with Crippen molar-refractivity contribution in [3.8, 4) is 0 Å². The zero-order valence-electron chi connectivity index (χ0n) is 13.2. The van der Waals surface area contributed by atoms with E-state index in [4.69, 9.17) is 0 Å². The zero-order valence-corrected chi connectivity index (χ0v) is 13.2. The molecule has 124 valence electrons. The second kappa shape index (κ2) is 6.83. The van der Waals surface area contributed by atoms with Crippen LogP contribution in [-0.2, 0) is 9.59 Å². The summed E-state index contributed by atoms with van der Waals surface area (Å²) in [5.41, 5.74) is 0.446. The summed E-state index contributed by atoms with van der Waals surface area (Å²) in [6, 6.07) is 11.8. The van der Waals surface area contributed by atoms with E-state index in [1.54, 1.807) is 12.1 Å². The van der Waals surface area contributed by atoms with E-state index >= 15 is 0 Å². The number of fused-ring (bicyclic) bond motifs is 1. The number of hydrogen-bond acceptors (Lipinski definition) is 3. The first-order valence-electron chi connectivity index (χ1n) is 8.09. The second-order valence-corrected chi connectivity index (χ2v) is 6.21. The van der Waals surface area contributed by atoms with Crippen LogP contribution in [0.3, 0.4) is 0 Å². The van der Waals surface area contributed by atoms with Gasteiger partial charge in [-0.2, -0.15) is 0 Å². The summed E-state index contributed by atoms with van der Waals surface area (Å²) in [5.74, 6) is -1.79. The smallest absolute Gasteiger partial charge is 0.326 e. The van der Waals surface area contributed by atoms with Crippen LogP contribution in [0.1, 0.15) is 36.0 Å². The average Bonchev–Trinajstić information content (AvgIpc) is 2.58. The van der Waals surface area contributed by atoms with Crippen LogP contribution >= 0.6 is 0 Å². The predicted octanol–water partition coefficient (Wildman–Crippen LogP) is 2.78. The van der Waals surface area contributed by atoms with Gasteiger partial charge >= 0.3 is 5.97 Å². The number of benzene rings is 2. The Morgan fingerprint density at radius 1 is 1.12 bits per heavy atom. The lowest BCUT2D eigenvalue weighted by Crippen LogP contribution is -2.47. The van der Waals surface area contributed by atoms with Crippen molar-refractivity contribution in [2.24, 2.45) is 5.92 Å². The number of carbonyl (C=O) groups excluding carboxylic acids is 2. The fraction of sp³-hybridized carbons (Fsp3) is 0.316. The van der Waals surface area contributed by atoms with Crippen LogP contribution in [0.2, 0.25) is 0 Å². The fourth-order valence-corrected chi connectivity index (χ4v) is 3.37. The third kappa shape index (κ3) is 3.30. The number of nitrogens with one attached hydrogen (secondary N) is 1. The topological polar surface area (TPSA) is 83.5 Å². The van der Waals surface area contributed by atoms with Gasteiger partial charge in [-0.05, 0) is 35.6 Å². The van der Waals surface area contributed by atoms with E-state index in [0.717, 1.165) is 10.8 Å². The molecule has 2 aromatic carbocycles. The molecular formula is C19H19NO4. The van der Waals surface area contributed by atoms with Crippen molar-refractivity contribution in [2.45, 2.75) is 31.7 Å².